The molecular formula is C18H13ClF3N5OS. The van der Waals surface area contributed by atoms with Crippen molar-refractivity contribution in [1.29, 1.82) is 5.41 Å². The minimum Gasteiger partial charge on any atom is -0.406 e. The van der Waals surface area contributed by atoms with Gasteiger partial charge in [-0.1, -0.05) is 40.3 Å². The Morgan fingerprint density at radius 2 is 1.97 bits per heavy atom. The van der Waals surface area contributed by atoms with Gasteiger partial charge in [-0.3, -0.25) is 10.1 Å². The van der Waals surface area contributed by atoms with Crippen molar-refractivity contribution in [3.8, 4) is 17.0 Å². The van der Waals surface area contributed by atoms with Crippen molar-refractivity contribution in [2.75, 3.05) is 0 Å². The molecule has 150 valence electrons. The molecule has 0 bridgehead atoms. The average molecular weight is 440 g/mol. The van der Waals surface area contributed by atoms with Crippen LogP contribution >= 0.6 is 22.9 Å². The fourth-order valence-corrected chi connectivity index (χ4v) is 4.03. The van der Waals surface area contributed by atoms with Crippen LogP contribution in [0.25, 0.3) is 21.5 Å². The van der Waals surface area contributed by atoms with Crippen LogP contribution < -0.4 is 9.54 Å². The molecule has 4 aromatic rings. The third-order valence-corrected chi connectivity index (χ3v) is 5.31. The summed E-state index contributed by atoms with van der Waals surface area (Å²) in [5.74, 6) is -0.305. The molecule has 0 saturated carbocycles. The lowest BCUT2D eigenvalue weighted by Gasteiger charge is -2.09. The van der Waals surface area contributed by atoms with E-state index in [1.165, 1.54) is 18.2 Å². The van der Waals surface area contributed by atoms with E-state index < -0.39 is 6.36 Å². The molecule has 0 amide bonds. The van der Waals surface area contributed by atoms with E-state index in [2.05, 4.69) is 15.0 Å². The number of aryl methyl sites for hydroxylation is 2. The summed E-state index contributed by atoms with van der Waals surface area (Å²) in [7, 11) is 0. The number of rotatable bonds is 5. The summed E-state index contributed by atoms with van der Waals surface area (Å²) in [6, 6.07) is 11.3. The molecule has 29 heavy (non-hydrogen) atoms. The van der Waals surface area contributed by atoms with Gasteiger partial charge < -0.3 is 9.30 Å². The number of thiazole rings is 1. The molecule has 0 aliphatic rings. The molecule has 0 unspecified atom stereocenters. The first-order chi connectivity index (χ1) is 13.8. The molecule has 0 atom stereocenters. The Balaban J connectivity index is 1.53. The van der Waals surface area contributed by atoms with Crippen LogP contribution in [0.3, 0.4) is 0 Å². The zero-order chi connectivity index (χ0) is 20.6. The zero-order valence-electron chi connectivity index (χ0n) is 14.7. The minimum absolute atomic E-state index is 0.222. The topological polar surface area (TPSA) is 68.7 Å². The van der Waals surface area contributed by atoms with Gasteiger partial charge in [0.1, 0.15) is 11.4 Å². The van der Waals surface area contributed by atoms with Crippen LogP contribution in [0.2, 0.25) is 5.02 Å². The van der Waals surface area contributed by atoms with Crippen molar-refractivity contribution in [1.82, 2.24) is 19.6 Å². The fourth-order valence-electron chi connectivity index (χ4n) is 2.88. The SMILES string of the molecule is N=c1sc2cc(OC(F)(F)F)ccc2n1CCn1cc(-c2cccc(Cl)c2)nn1. The summed E-state index contributed by atoms with van der Waals surface area (Å²) in [5, 5.41) is 17.0. The van der Waals surface area contributed by atoms with Gasteiger partial charge in [0.05, 0.1) is 23.0 Å². The molecule has 0 spiro atoms. The standard InChI is InChI=1S/C18H13ClF3N5OS/c19-12-3-1-2-11(8-12)14-10-26(25-24-14)6-7-27-15-5-4-13(28-18(20,21)22)9-16(15)29-17(27)23/h1-5,8-10,23H,6-7H2. The lowest BCUT2D eigenvalue weighted by atomic mass is 10.2. The van der Waals surface area contributed by atoms with Crippen molar-refractivity contribution in [3.63, 3.8) is 0 Å². The van der Waals surface area contributed by atoms with Crippen molar-refractivity contribution in [3.05, 3.63) is 58.5 Å². The lowest BCUT2D eigenvalue weighted by molar-refractivity contribution is -0.274. The minimum atomic E-state index is -4.75. The maximum Gasteiger partial charge on any atom is 0.573 e. The first-order valence-electron chi connectivity index (χ1n) is 8.38. The maximum absolute atomic E-state index is 12.4. The Morgan fingerprint density at radius 3 is 2.72 bits per heavy atom. The monoisotopic (exact) mass is 439 g/mol. The lowest BCUT2D eigenvalue weighted by Crippen LogP contribution is -2.17. The molecule has 0 radical (unpaired) electrons. The van der Waals surface area contributed by atoms with Gasteiger partial charge in [0.25, 0.3) is 0 Å². The van der Waals surface area contributed by atoms with E-state index in [0.29, 0.717) is 34.0 Å². The van der Waals surface area contributed by atoms with Gasteiger partial charge in [-0.2, -0.15) is 0 Å². The number of halogens is 4. The van der Waals surface area contributed by atoms with Gasteiger partial charge in [0.2, 0.25) is 0 Å². The fraction of sp³-hybridized carbons (Fsp3) is 0.167. The van der Waals surface area contributed by atoms with Crippen LogP contribution in [0, 0.1) is 5.41 Å². The Labute approximate surface area is 171 Å². The second-order valence-corrected chi connectivity index (χ2v) is 7.58. The Morgan fingerprint density at radius 1 is 1.14 bits per heavy atom. The summed E-state index contributed by atoms with van der Waals surface area (Å²) >= 11 is 7.08. The summed E-state index contributed by atoms with van der Waals surface area (Å²) in [6.07, 6.45) is -2.97. The van der Waals surface area contributed by atoms with Crippen molar-refractivity contribution >= 4 is 33.2 Å². The smallest absolute Gasteiger partial charge is 0.406 e. The molecular weight excluding hydrogens is 427 g/mol. The van der Waals surface area contributed by atoms with Crippen LogP contribution in [-0.2, 0) is 13.1 Å². The van der Waals surface area contributed by atoms with Crippen molar-refractivity contribution in [2.45, 2.75) is 19.5 Å². The van der Waals surface area contributed by atoms with Gasteiger partial charge in [0.15, 0.2) is 4.80 Å². The molecule has 1 N–H and O–H groups in total. The van der Waals surface area contributed by atoms with E-state index in [1.807, 2.05) is 12.1 Å². The quantitative estimate of drug-likeness (QED) is 0.490. The first kappa shape index (κ1) is 19.5. The molecule has 4 rings (SSSR count). The van der Waals surface area contributed by atoms with E-state index in [1.54, 1.807) is 27.6 Å². The number of nitrogens with zero attached hydrogens (tertiary/aromatic N) is 4. The third kappa shape index (κ3) is 4.43. The Hall–Kier alpha value is -2.85. The molecule has 6 nitrogen and oxygen atoms in total. The van der Waals surface area contributed by atoms with Gasteiger partial charge >= 0.3 is 6.36 Å². The predicted octanol–water partition coefficient (Wildman–Crippen LogP) is 4.69. The number of nitrogens with one attached hydrogen (secondary N) is 1. The average Bonchev–Trinajstić information content (AvgIpc) is 3.22. The van der Waals surface area contributed by atoms with E-state index >= 15 is 0 Å². The van der Waals surface area contributed by atoms with Crippen molar-refractivity contribution in [2.24, 2.45) is 0 Å². The summed E-state index contributed by atoms with van der Waals surface area (Å²) in [6.45, 7) is 0.855. The van der Waals surface area contributed by atoms with Gasteiger partial charge in [0, 0.05) is 17.1 Å². The third-order valence-electron chi connectivity index (χ3n) is 4.12. The number of alkyl halides is 3. The van der Waals surface area contributed by atoms with Gasteiger partial charge in [-0.15, -0.1) is 18.3 Å². The number of benzene rings is 2. The van der Waals surface area contributed by atoms with E-state index in [4.69, 9.17) is 17.0 Å². The number of hydrogen-bond donors (Lipinski definition) is 1. The van der Waals surface area contributed by atoms with Crippen molar-refractivity contribution < 1.29 is 17.9 Å². The summed E-state index contributed by atoms with van der Waals surface area (Å²) < 4.78 is 45.0. The summed E-state index contributed by atoms with van der Waals surface area (Å²) in [4.78, 5) is 0.222. The normalized spacial score (nSPS) is 11.9. The van der Waals surface area contributed by atoms with E-state index in [9.17, 15) is 13.2 Å². The summed E-state index contributed by atoms with van der Waals surface area (Å²) in [5.41, 5.74) is 2.17. The predicted molar refractivity (Wildman–Crippen MR) is 103 cm³/mol. The molecule has 2 aromatic heterocycles. The molecule has 11 heteroatoms. The molecule has 0 saturated heterocycles. The van der Waals surface area contributed by atoms with E-state index in [0.717, 1.165) is 16.9 Å². The molecule has 0 aliphatic carbocycles. The Bertz CT molecular complexity index is 1230. The zero-order valence-corrected chi connectivity index (χ0v) is 16.2. The second-order valence-electron chi connectivity index (χ2n) is 6.11. The van der Waals surface area contributed by atoms with Crippen LogP contribution in [-0.4, -0.2) is 25.9 Å². The highest BCUT2D eigenvalue weighted by atomic mass is 35.5. The van der Waals surface area contributed by atoms with Gasteiger partial charge in [-0.25, -0.2) is 0 Å². The maximum atomic E-state index is 12.4. The number of fused-ring (bicyclic) bond motifs is 1. The molecule has 0 fully saturated rings. The largest absolute Gasteiger partial charge is 0.573 e. The molecule has 2 heterocycles. The van der Waals surface area contributed by atoms with Crippen LogP contribution in [0.1, 0.15) is 0 Å². The Kier molecular flexibility index (Phi) is 5.05. The highest BCUT2D eigenvalue weighted by molar-refractivity contribution is 7.16. The highest BCUT2D eigenvalue weighted by Gasteiger charge is 2.31. The number of hydrogen-bond acceptors (Lipinski definition) is 5. The first-order valence-corrected chi connectivity index (χ1v) is 9.58. The van der Waals surface area contributed by atoms with Crippen LogP contribution in [0.15, 0.2) is 48.7 Å². The number of ether oxygens (including phenoxy) is 1. The molecule has 2 aromatic carbocycles. The number of aromatic nitrogens is 4. The van der Waals surface area contributed by atoms with Gasteiger partial charge in [-0.05, 0) is 30.3 Å². The highest BCUT2D eigenvalue weighted by Crippen LogP contribution is 2.28. The van der Waals surface area contributed by atoms with Crippen LogP contribution in [0.5, 0.6) is 5.75 Å². The van der Waals surface area contributed by atoms with E-state index in [-0.39, 0.29) is 10.6 Å². The molecule has 0 aliphatic heterocycles. The van der Waals surface area contributed by atoms with Crippen LogP contribution in [0.4, 0.5) is 13.2 Å². The second kappa shape index (κ2) is 7.53.